The van der Waals surface area contributed by atoms with Crippen molar-refractivity contribution in [2.45, 2.75) is 13.5 Å². The van der Waals surface area contributed by atoms with Crippen LogP contribution < -0.4 is 20.1 Å². The number of methoxy groups -OCH3 is 2. The van der Waals surface area contributed by atoms with Gasteiger partial charge in [-0.25, -0.2) is 0 Å². The van der Waals surface area contributed by atoms with E-state index in [2.05, 4.69) is 39.9 Å². The minimum atomic E-state index is -0.356. The second kappa shape index (κ2) is 8.85. The quantitative estimate of drug-likeness (QED) is 0.653. The van der Waals surface area contributed by atoms with Gasteiger partial charge in [-0.1, -0.05) is 24.3 Å². The second-order valence-corrected chi connectivity index (χ2v) is 6.11. The van der Waals surface area contributed by atoms with E-state index < -0.39 is 0 Å². The molecule has 2 N–H and O–H groups in total. The van der Waals surface area contributed by atoms with Crippen molar-refractivity contribution in [1.29, 1.82) is 0 Å². The van der Waals surface area contributed by atoms with Crippen molar-refractivity contribution in [1.82, 2.24) is 10.2 Å². The predicted octanol–water partition coefficient (Wildman–Crippen LogP) is 3.67. The monoisotopic (exact) mass is 378 g/mol. The van der Waals surface area contributed by atoms with Gasteiger partial charge >= 0.3 is 0 Å². The van der Waals surface area contributed by atoms with E-state index in [4.69, 9.17) is 9.47 Å². The number of nitrogens with zero attached hydrogens (tertiary/aromatic N) is 2. The molecular weight excluding hydrogens is 356 g/mol. The van der Waals surface area contributed by atoms with E-state index in [0.29, 0.717) is 29.5 Å². The third-order valence-electron chi connectivity index (χ3n) is 4.26. The predicted molar refractivity (Wildman–Crippen MR) is 108 cm³/mol. The highest BCUT2D eigenvalue weighted by Crippen LogP contribution is 2.29. The fraction of sp³-hybridized carbons (Fsp3) is 0.190. The van der Waals surface area contributed by atoms with Crippen molar-refractivity contribution >= 4 is 17.4 Å². The molecule has 0 saturated carbocycles. The van der Waals surface area contributed by atoms with Gasteiger partial charge in [0.2, 0.25) is 0 Å². The summed E-state index contributed by atoms with van der Waals surface area (Å²) < 4.78 is 10.4. The van der Waals surface area contributed by atoms with E-state index in [9.17, 15) is 4.79 Å². The van der Waals surface area contributed by atoms with Crippen molar-refractivity contribution < 1.29 is 14.3 Å². The van der Waals surface area contributed by atoms with Crippen LogP contribution in [0.2, 0.25) is 0 Å². The van der Waals surface area contributed by atoms with E-state index in [-0.39, 0.29) is 11.6 Å². The Balaban J connectivity index is 1.63. The van der Waals surface area contributed by atoms with Gasteiger partial charge in [-0.3, -0.25) is 4.79 Å². The maximum absolute atomic E-state index is 12.4. The Labute approximate surface area is 163 Å². The Bertz CT molecular complexity index is 958. The molecular formula is C21H22N4O3. The van der Waals surface area contributed by atoms with E-state index in [1.807, 2.05) is 12.1 Å². The maximum atomic E-state index is 12.4. The largest absolute Gasteiger partial charge is 0.493 e. The van der Waals surface area contributed by atoms with Gasteiger partial charge in [-0.05, 0) is 42.3 Å². The van der Waals surface area contributed by atoms with Gasteiger partial charge in [0.1, 0.15) is 5.82 Å². The van der Waals surface area contributed by atoms with Crippen LogP contribution in [0.5, 0.6) is 11.5 Å². The summed E-state index contributed by atoms with van der Waals surface area (Å²) in [6.07, 6.45) is 0. The molecule has 7 heteroatoms. The van der Waals surface area contributed by atoms with Crippen LogP contribution in [0.3, 0.4) is 0 Å². The van der Waals surface area contributed by atoms with Crippen molar-refractivity contribution in [3.8, 4) is 11.5 Å². The molecule has 0 aliphatic carbocycles. The lowest BCUT2D eigenvalue weighted by molar-refractivity contribution is 0.102. The molecule has 7 nitrogen and oxygen atoms in total. The van der Waals surface area contributed by atoms with Gasteiger partial charge in [0.15, 0.2) is 17.2 Å². The summed E-state index contributed by atoms with van der Waals surface area (Å²) in [7, 11) is 3.10. The molecule has 0 fully saturated rings. The molecule has 0 radical (unpaired) electrons. The lowest BCUT2D eigenvalue weighted by atomic mass is 10.1. The molecule has 28 heavy (non-hydrogen) atoms. The van der Waals surface area contributed by atoms with Gasteiger partial charge in [0.25, 0.3) is 5.91 Å². The molecule has 2 aromatic carbocycles. The van der Waals surface area contributed by atoms with Crippen LogP contribution in [0.25, 0.3) is 0 Å². The zero-order chi connectivity index (χ0) is 19.9. The number of aromatic nitrogens is 2. The summed E-state index contributed by atoms with van der Waals surface area (Å²) in [5, 5.41) is 14.1. The number of aryl methyl sites for hydroxylation is 1. The SMILES string of the molecule is COc1ccc(NC(=O)c2ccc(NCc3ccccc3C)nn2)cc1OC. The molecule has 0 spiro atoms. The van der Waals surface area contributed by atoms with Crippen molar-refractivity contribution in [3.63, 3.8) is 0 Å². The molecule has 144 valence electrons. The molecule has 0 bridgehead atoms. The minimum absolute atomic E-state index is 0.219. The van der Waals surface area contributed by atoms with Gasteiger partial charge in [0, 0.05) is 18.3 Å². The zero-order valence-corrected chi connectivity index (χ0v) is 16.0. The summed E-state index contributed by atoms with van der Waals surface area (Å²) in [6, 6.07) is 16.6. The molecule has 0 unspecified atom stereocenters. The summed E-state index contributed by atoms with van der Waals surface area (Å²) >= 11 is 0. The molecule has 0 saturated heterocycles. The number of hydrogen-bond donors (Lipinski definition) is 2. The zero-order valence-electron chi connectivity index (χ0n) is 16.0. The standard InChI is InChI=1S/C21H22N4O3/c1-14-6-4-5-7-15(14)13-22-20-11-9-17(24-25-20)21(26)23-16-8-10-18(27-2)19(12-16)28-3/h4-12H,13H2,1-3H3,(H,22,25)(H,23,26). The van der Waals surface area contributed by atoms with Crippen LogP contribution >= 0.6 is 0 Å². The van der Waals surface area contributed by atoms with Crippen LogP contribution in [0.4, 0.5) is 11.5 Å². The third-order valence-corrected chi connectivity index (χ3v) is 4.26. The Hall–Kier alpha value is -3.61. The first kappa shape index (κ1) is 19.2. The number of anilines is 2. The number of amides is 1. The molecule has 3 rings (SSSR count). The summed E-state index contributed by atoms with van der Waals surface area (Å²) in [6.45, 7) is 2.70. The van der Waals surface area contributed by atoms with Gasteiger partial charge < -0.3 is 20.1 Å². The van der Waals surface area contributed by atoms with E-state index in [0.717, 1.165) is 0 Å². The maximum Gasteiger partial charge on any atom is 0.276 e. The minimum Gasteiger partial charge on any atom is -0.493 e. The average molecular weight is 378 g/mol. The molecule has 3 aromatic rings. The molecule has 1 aromatic heterocycles. The first-order chi connectivity index (χ1) is 13.6. The van der Waals surface area contributed by atoms with Crippen molar-refractivity contribution in [2.75, 3.05) is 24.9 Å². The third kappa shape index (κ3) is 4.56. The van der Waals surface area contributed by atoms with Crippen LogP contribution in [0.1, 0.15) is 21.6 Å². The van der Waals surface area contributed by atoms with Crippen LogP contribution in [0, 0.1) is 6.92 Å². The van der Waals surface area contributed by atoms with Gasteiger partial charge in [-0.15, -0.1) is 10.2 Å². The fourth-order valence-electron chi connectivity index (χ4n) is 2.65. The number of nitrogens with one attached hydrogen (secondary N) is 2. The van der Waals surface area contributed by atoms with Crippen LogP contribution in [0.15, 0.2) is 54.6 Å². The summed E-state index contributed by atoms with van der Waals surface area (Å²) in [4.78, 5) is 12.4. The van der Waals surface area contributed by atoms with Crippen LogP contribution in [-0.2, 0) is 6.54 Å². The Kier molecular flexibility index (Phi) is 6.06. The molecule has 1 heterocycles. The van der Waals surface area contributed by atoms with E-state index in [1.54, 1.807) is 37.4 Å². The smallest absolute Gasteiger partial charge is 0.276 e. The highest BCUT2D eigenvalue weighted by Gasteiger charge is 2.11. The molecule has 0 aliphatic rings. The molecule has 0 aliphatic heterocycles. The fourth-order valence-corrected chi connectivity index (χ4v) is 2.65. The van der Waals surface area contributed by atoms with Crippen molar-refractivity contribution in [3.05, 3.63) is 71.4 Å². The van der Waals surface area contributed by atoms with Crippen molar-refractivity contribution in [2.24, 2.45) is 0 Å². The highest BCUT2D eigenvalue weighted by atomic mass is 16.5. The normalized spacial score (nSPS) is 10.2. The molecule has 0 atom stereocenters. The Morgan fingerprint density at radius 2 is 1.75 bits per heavy atom. The topological polar surface area (TPSA) is 85.4 Å². The Morgan fingerprint density at radius 3 is 2.43 bits per heavy atom. The number of carbonyl (C=O) groups excluding carboxylic acids is 1. The second-order valence-electron chi connectivity index (χ2n) is 6.11. The number of ether oxygens (including phenoxy) is 2. The van der Waals surface area contributed by atoms with E-state index in [1.165, 1.54) is 18.2 Å². The number of carbonyl (C=O) groups is 1. The lowest BCUT2D eigenvalue weighted by Gasteiger charge is -2.10. The molecule has 1 amide bonds. The number of hydrogen-bond acceptors (Lipinski definition) is 6. The average Bonchev–Trinajstić information content (AvgIpc) is 2.73. The number of benzene rings is 2. The van der Waals surface area contributed by atoms with Crippen LogP contribution in [-0.4, -0.2) is 30.3 Å². The summed E-state index contributed by atoms with van der Waals surface area (Å²) in [5.41, 5.74) is 3.18. The first-order valence-corrected chi connectivity index (χ1v) is 8.76. The number of rotatable bonds is 7. The van der Waals surface area contributed by atoms with Gasteiger partial charge in [-0.2, -0.15) is 0 Å². The Morgan fingerprint density at radius 1 is 0.964 bits per heavy atom. The lowest BCUT2D eigenvalue weighted by Crippen LogP contribution is -2.15. The first-order valence-electron chi connectivity index (χ1n) is 8.76. The van der Waals surface area contributed by atoms with E-state index >= 15 is 0 Å². The van der Waals surface area contributed by atoms with Gasteiger partial charge in [0.05, 0.1) is 14.2 Å². The summed E-state index contributed by atoms with van der Waals surface area (Å²) in [5.74, 6) is 1.36. The highest BCUT2D eigenvalue weighted by molar-refractivity contribution is 6.02.